The Morgan fingerprint density at radius 3 is 2.06 bits per heavy atom. The molecule has 0 spiro atoms. The van der Waals surface area contributed by atoms with E-state index in [2.05, 4.69) is 0 Å². The van der Waals surface area contributed by atoms with Crippen LogP contribution < -0.4 is 5.63 Å². The molecule has 1 atom stereocenters. The number of halogens is 3. The maximum Gasteiger partial charge on any atom is 0.416 e. The van der Waals surface area contributed by atoms with Crippen LogP contribution >= 0.6 is 0 Å². The van der Waals surface area contributed by atoms with Gasteiger partial charge >= 0.3 is 11.8 Å². The number of aryl methyl sites for hydroxylation is 4. The highest BCUT2D eigenvalue weighted by Crippen LogP contribution is 2.33. The molecule has 0 aliphatic carbocycles. The zero-order chi connectivity index (χ0) is 22.9. The molecule has 4 nitrogen and oxygen atoms in total. The minimum absolute atomic E-state index is 0.0235. The summed E-state index contributed by atoms with van der Waals surface area (Å²) in [5.41, 5.74) is 1.85. The lowest BCUT2D eigenvalue weighted by Crippen LogP contribution is -2.10. The van der Waals surface area contributed by atoms with Crippen molar-refractivity contribution in [2.45, 2.75) is 38.3 Å². The summed E-state index contributed by atoms with van der Waals surface area (Å²) in [6.45, 7) is 5.62. The molecular weight excluding hydrogens is 429 g/mol. The molecular formula is C23H21F3O4S. The fourth-order valence-corrected chi connectivity index (χ4v) is 4.63. The molecule has 8 heteroatoms. The molecule has 0 radical (unpaired) electrons. The van der Waals surface area contributed by atoms with Gasteiger partial charge in [0.2, 0.25) is 0 Å². The van der Waals surface area contributed by atoms with Gasteiger partial charge in [-0.25, -0.2) is 4.79 Å². The molecule has 0 saturated carbocycles. The van der Waals surface area contributed by atoms with E-state index in [0.29, 0.717) is 5.56 Å². The van der Waals surface area contributed by atoms with E-state index in [1.165, 1.54) is 18.2 Å². The van der Waals surface area contributed by atoms with Crippen LogP contribution in [0.3, 0.4) is 0 Å². The summed E-state index contributed by atoms with van der Waals surface area (Å²) in [5.74, 6) is -0.0640. The lowest BCUT2D eigenvalue weighted by atomic mass is 9.94. The molecule has 1 heterocycles. The van der Waals surface area contributed by atoms with E-state index in [0.717, 1.165) is 28.8 Å². The van der Waals surface area contributed by atoms with Crippen molar-refractivity contribution in [3.8, 4) is 16.9 Å². The molecule has 0 saturated heterocycles. The van der Waals surface area contributed by atoms with Gasteiger partial charge in [0.25, 0.3) is 0 Å². The Balaban J connectivity index is 1.80. The van der Waals surface area contributed by atoms with E-state index >= 15 is 0 Å². The zero-order valence-electron chi connectivity index (χ0n) is 17.2. The second-order valence-electron chi connectivity index (χ2n) is 7.36. The second kappa shape index (κ2) is 8.70. The van der Waals surface area contributed by atoms with Crippen molar-refractivity contribution in [1.29, 1.82) is 0 Å². The largest absolute Gasteiger partial charge is 0.507 e. The highest BCUT2D eigenvalue weighted by atomic mass is 32.2. The van der Waals surface area contributed by atoms with Crippen molar-refractivity contribution in [3.05, 3.63) is 80.9 Å². The van der Waals surface area contributed by atoms with Crippen LogP contribution in [-0.4, -0.2) is 15.1 Å². The summed E-state index contributed by atoms with van der Waals surface area (Å²) in [6.07, 6.45) is -4.39. The van der Waals surface area contributed by atoms with Gasteiger partial charge in [-0.15, -0.1) is 0 Å². The van der Waals surface area contributed by atoms with E-state index in [1.807, 2.05) is 32.9 Å². The van der Waals surface area contributed by atoms with Gasteiger partial charge in [0.1, 0.15) is 17.1 Å². The normalized spacial score (nSPS) is 12.7. The monoisotopic (exact) mass is 450 g/mol. The van der Waals surface area contributed by atoms with E-state index in [-0.39, 0.29) is 34.1 Å². The summed E-state index contributed by atoms with van der Waals surface area (Å²) in [6, 6.07) is 9.21. The van der Waals surface area contributed by atoms with Crippen molar-refractivity contribution in [1.82, 2.24) is 0 Å². The van der Waals surface area contributed by atoms with Gasteiger partial charge in [-0.3, -0.25) is 4.21 Å². The molecule has 31 heavy (non-hydrogen) atoms. The lowest BCUT2D eigenvalue weighted by Gasteiger charge is -2.12. The van der Waals surface area contributed by atoms with Crippen LogP contribution in [0.2, 0.25) is 0 Å². The predicted octanol–water partition coefficient (Wildman–Crippen LogP) is 5.31. The van der Waals surface area contributed by atoms with Crippen LogP contribution in [0.25, 0.3) is 11.1 Å². The number of rotatable bonds is 5. The quantitative estimate of drug-likeness (QED) is 0.572. The molecule has 1 aromatic heterocycles. The third kappa shape index (κ3) is 5.07. The SMILES string of the molecule is Cc1cc(C)c(-c2c(O)cc(CCS(=O)c3ccc(C(F)(F)F)cc3)oc2=O)c(C)c1. The first-order chi connectivity index (χ1) is 14.5. The van der Waals surface area contributed by atoms with Crippen molar-refractivity contribution >= 4 is 10.8 Å². The highest BCUT2D eigenvalue weighted by Gasteiger charge is 2.30. The van der Waals surface area contributed by atoms with Gasteiger partial charge in [-0.05, 0) is 61.7 Å². The van der Waals surface area contributed by atoms with Gasteiger partial charge in [0.15, 0.2) is 0 Å². The van der Waals surface area contributed by atoms with Gasteiger partial charge in [0.05, 0.1) is 16.4 Å². The summed E-state index contributed by atoms with van der Waals surface area (Å²) in [5, 5.41) is 10.5. The first kappa shape index (κ1) is 22.8. The second-order valence-corrected chi connectivity index (χ2v) is 8.93. The van der Waals surface area contributed by atoms with Crippen molar-refractivity contribution in [2.24, 2.45) is 0 Å². The molecule has 0 aliphatic rings. The topological polar surface area (TPSA) is 67.5 Å². The Morgan fingerprint density at radius 2 is 1.55 bits per heavy atom. The molecule has 0 aliphatic heterocycles. The first-order valence-corrected chi connectivity index (χ1v) is 10.8. The van der Waals surface area contributed by atoms with E-state index in [4.69, 9.17) is 4.42 Å². The minimum Gasteiger partial charge on any atom is -0.507 e. The Hall–Kier alpha value is -2.87. The third-order valence-electron chi connectivity index (χ3n) is 4.89. The molecule has 1 unspecified atom stereocenters. The predicted molar refractivity (Wildman–Crippen MR) is 113 cm³/mol. The van der Waals surface area contributed by atoms with Crippen molar-refractivity contribution < 1.29 is 26.9 Å². The first-order valence-electron chi connectivity index (χ1n) is 9.47. The molecule has 164 valence electrons. The van der Waals surface area contributed by atoms with Crippen LogP contribution in [0.15, 0.2) is 56.6 Å². The number of benzene rings is 2. The molecule has 0 bridgehead atoms. The van der Waals surface area contributed by atoms with E-state index < -0.39 is 28.2 Å². The van der Waals surface area contributed by atoms with Crippen molar-refractivity contribution in [3.63, 3.8) is 0 Å². The summed E-state index contributed by atoms with van der Waals surface area (Å²) in [4.78, 5) is 12.8. The summed E-state index contributed by atoms with van der Waals surface area (Å²) in [7, 11) is -1.59. The summed E-state index contributed by atoms with van der Waals surface area (Å²) < 4.78 is 55.7. The van der Waals surface area contributed by atoms with Gasteiger partial charge in [-0.1, -0.05) is 17.7 Å². The molecule has 0 amide bonds. The average molecular weight is 450 g/mol. The minimum atomic E-state index is -4.46. The Morgan fingerprint density at radius 1 is 0.968 bits per heavy atom. The lowest BCUT2D eigenvalue weighted by molar-refractivity contribution is -0.137. The van der Waals surface area contributed by atoms with Crippen LogP contribution in [0, 0.1) is 20.8 Å². The van der Waals surface area contributed by atoms with E-state index in [9.17, 15) is 27.3 Å². The van der Waals surface area contributed by atoms with E-state index in [1.54, 1.807) is 0 Å². The zero-order valence-corrected chi connectivity index (χ0v) is 18.0. The Bertz CT molecular complexity index is 1170. The molecule has 1 N–H and O–H groups in total. The summed E-state index contributed by atoms with van der Waals surface area (Å²) >= 11 is 0. The van der Waals surface area contributed by atoms with Crippen LogP contribution in [0.5, 0.6) is 5.75 Å². The van der Waals surface area contributed by atoms with Gasteiger partial charge in [0, 0.05) is 23.1 Å². The Labute approximate surface area is 179 Å². The maximum atomic E-state index is 12.6. The van der Waals surface area contributed by atoms with Crippen LogP contribution in [0.1, 0.15) is 28.0 Å². The fraction of sp³-hybridized carbons (Fsp3) is 0.261. The number of aromatic hydroxyl groups is 1. The smallest absolute Gasteiger partial charge is 0.416 e. The average Bonchev–Trinajstić information content (AvgIpc) is 2.67. The highest BCUT2D eigenvalue weighted by molar-refractivity contribution is 7.85. The van der Waals surface area contributed by atoms with Crippen LogP contribution in [-0.2, 0) is 23.4 Å². The molecule has 3 rings (SSSR count). The maximum absolute atomic E-state index is 12.6. The Kier molecular flexibility index (Phi) is 6.40. The molecule has 0 fully saturated rings. The number of alkyl halides is 3. The van der Waals surface area contributed by atoms with Crippen LogP contribution in [0.4, 0.5) is 13.2 Å². The number of hydrogen-bond acceptors (Lipinski definition) is 4. The fourth-order valence-electron chi connectivity index (χ4n) is 3.56. The standard InChI is InChI=1S/C23H21F3O4S/c1-13-10-14(2)20(15(3)11-13)21-19(27)12-17(30-22(21)28)8-9-31(29)18-6-4-16(5-7-18)23(24,25)26/h4-7,10-12,27H,8-9H2,1-3H3. The molecule has 2 aromatic carbocycles. The molecule has 3 aromatic rings. The van der Waals surface area contributed by atoms with Crippen molar-refractivity contribution in [2.75, 3.05) is 5.75 Å². The number of hydrogen-bond donors (Lipinski definition) is 1. The third-order valence-corrected chi connectivity index (χ3v) is 6.26. The van der Waals surface area contributed by atoms with Gasteiger partial charge < -0.3 is 9.52 Å². The van der Waals surface area contributed by atoms with Gasteiger partial charge in [-0.2, -0.15) is 13.2 Å².